The molecule has 2 heterocycles. The second-order valence-electron chi connectivity index (χ2n) is 3.74. The molecular weight excluding hydrogens is 228 g/mol. The van der Waals surface area contributed by atoms with Crippen LogP contribution in [0.15, 0.2) is 37.1 Å². The molecule has 94 valence electrons. The van der Waals surface area contributed by atoms with E-state index in [1.54, 1.807) is 31.0 Å². The second-order valence-corrected chi connectivity index (χ2v) is 3.74. The average Bonchev–Trinajstić information content (AvgIpc) is 2.42. The lowest BCUT2D eigenvalue weighted by molar-refractivity contribution is 0.338. The summed E-state index contributed by atoms with van der Waals surface area (Å²) < 4.78 is 5.45. The van der Waals surface area contributed by atoms with Crippen molar-refractivity contribution in [1.29, 1.82) is 0 Å². The molecule has 1 N–H and O–H groups in total. The highest BCUT2D eigenvalue weighted by molar-refractivity contribution is 5.30. The predicted molar refractivity (Wildman–Crippen MR) is 68.3 cm³/mol. The van der Waals surface area contributed by atoms with E-state index in [9.17, 15) is 0 Å². The molecule has 18 heavy (non-hydrogen) atoms. The van der Waals surface area contributed by atoms with Crippen LogP contribution in [0, 0.1) is 0 Å². The minimum atomic E-state index is -0.0355. The van der Waals surface area contributed by atoms with E-state index in [-0.39, 0.29) is 6.04 Å². The van der Waals surface area contributed by atoms with Crippen molar-refractivity contribution >= 4 is 0 Å². The zero-order chi connectivity index (χ0) is 12.8. The molecule has 0 radical (unpaired) electrons. The third kappa shape index (κ3) is 2.81. The molecule has 2 rings (SSSR count). The van der Waals surface area contributed by atoms with Gasteiger partial charge in [0.25, 0.3) is 0 Å². The molecule has 0 amide bonds. The van der Waals surface area contributed by atoms with E-state index >= 15 is 0 Å². The van der Waals surface area contributed by atoms with Crippen molar-refractivity contribution in [3.8, 4) is 5.75 Å². The number of hydrogen-bond acceptors (Lipinski definition) is 5. The first-order chi connectivity index (χ1) is 8.85. The minimum absolute atomic E-state index is 0.0355. The van der Waals surface area contributed by atoms with Gasteiger partial charge >= 0.3 is 0 Å². The Bertz CT molecular complexity index is 489. The largest absolute Gasteiger partial charge is 0.492 e. The molecule has 0 aliphatic heterocycles. The molecule has 5 heteroatoms. The van der Waals surface area contributed by atoms with E-state index in [1.165, 1.54) is 0 Å². The summed E-state index contributed by atoms with van der Waals surface area (Å²) in [6.45, 7) is 2.57. The van der Waals surface area contributed by atoms with Crippen molar-refractivity contribution in [3.63, 3.8) is 0 Å². The summed E-state index contributed by atoms with van der Waals surface area (Å²) in [7, 11) is 1.88. The SMILES string of the molecule is CCOc1cncc(C(NC)c2cnccn2)c1. The topological polar surface area (TPSA) is 59.9 Å². The van der Waals surface area contributed by atoms with Crippen molar-refractivity contribution in [2.24, 2.45) is 0 Å². The summed E-state index contributed by atoms with van der Waals surface area (Å²) in [5, 5.41) is 3.21. The highest BCUT2D eigenvalue weighted by Gasteiger charge is 2.14. The number of rotatable bonds is 5. The van der Waals surface area contributed by atoms with Gasteiger partial charge in [-0.2, -0.15) is 0 Å². The van der Waals surface area contributed by atoms with Crippen molar-refractivity contribution in [1.82, 2.24) is 20.3 Å². The Balaban J connectivity index is 2.30. The maximum Gasteiger partial charge on any atom is 0.137 e. The lowest BCUT2D eigenvalue weighted by Gasteiger charge is -2.16. The number of aromatic nitrogens is 3. The number of hydrogen-bond donors (Lipinski definition) is 1. The lowest BCUT2D eigenvalue weighted by Crippen LogP contribution is -2.19. The molecule has 2 aromatic heterocycles. The molecule has 0 spiro atoms. The van der Waals surface area contributed by atoms with Gasteiger partial charge in [-0.1, -0.05) is 0 Å². The highest BCUT2D eigenvalue weighted by Crippen LogP contribution is 2.21. The fraction of sp³-hybridized carbons (Fsp3) is 0.308. The molecule has 1 atom stereocenters. The zero-order valence-corrected chi connectivity index (χ0v) is 10.5. The van der Waals surface area contributed by atoms with Crippen LogP contribution in [0.2, 0.25) is 0 Å². The third-order valence-corrected chi connectivity index (χ3v) is 2.55. The zero-order valence-electron chi connectivity index (χ0n) is 10.5. The molecule has 0 aromatic carbocycles. The minimum Gasteiger partial charge on any atom is -0.492 e. The number of nitrogens with one attached hydrogen (secondary N) is 1. The number of nitrogens with zero attached hydrogens (tertiary/aromatic N) is 3. The number of pyridine rings is 1. The van der Waals surface area contributed by atoms with Crippen LogP contribution in [0.4, 0.5) is 0 Å². The van der Waals surface area contributed by atoms with Crippen molar-refractivity contribution in [2.45, 2.75) is 13.0 Å². The van der Waals surface area contributed by atoms with Gasteiger partial charge < -0.3 is 10.1 Å². The molecule has 1 unspecified atom stereocenters. The molecule has 0 aliphatic carbocycles. The lowest BCUT2D eigenvalue weighted by atomic mass is 10.1. The average molecular weight is 244 g/mol. The summed E-state index contributed by atoms with van der Waals surface area (Å²) in [5.74, 6) is 0.763. The van der Waals surface area contributed by atoms with Gasteiger partial charge in [-0.15, -0.1) is 0 Å². The molecule has 0 saturated carbocycles. The molecule has 2 aromatic rings. The quantitative estimate of drug-likeness (QED) is 0.865. The smallest absolute Gasteiger partial charge is 0.137 e. The van der Waals surface area contributed by atoms with Gasteiger partial charge in [0.15, 0.2) is 0 Å². The fourth-order valence-electron chi connectivity index (χ4n) is 1.78. The Morgan fingerprint density at radius 3 is 2.78 bits per heavy atom. The van der Waals surface area contributed by atoms with Gasteiger partial charge in [0, 0.05) is 18.6 Å². The van der Waals surface area contributed by atoms with E-state index in [0.717, 1.165) is 17.0 Å². The third-order valence-electron chi connectivity index (χ3n) is 2.55. The van der Waals surface area contributed by atoms with Crippen LogP contribution < -0.4 is 10.1 Å². The van der Waals surface area contributed by atoms with Crippen molar-refractivity contribution < 1.29 is 4.74 Å². The highest BCUT2D eigenvalue weighted by atomic mass is 16.5. The molecule has 0 saturated heterocycles. The van der Waals surface area contributed by atoms with Crippen LogP contribution >= 0.6 is 0 Å². The van der Waals surface area contributed by atoms with Crippen LogP contribution in [-0.4, -0.2) is 28.6 Å². The van der Waals surface area contributed by atoms with E-state index < -0.39 is 0 Å². The van der Waals surface area contributed by atoms with Gasteiger partial charge in [-0.3, -0.25) is 15.0 Å². The Hall–Kier alpha value is -2.01. The number of ether oxygens (including phenoxy) is 1. The Labute approximate surface area is 106 Å². The van der Waals surface area contributed by atoms with Gasteiger partial charge in [-0.25, -0.2) is 0 Å². The second kappa shape index (κ2) is 6.07. The van der Waals surface area contributed by atoms with Gasteiger partial charge in [0.05, 0.1) is 30.7 Å². The summed E-state index contributed by atoms with van der Waals surface area (Å²) >= 11 is 0. The summed E-state index contributed by atoms with van der Waals surface area (Å²) in [5.41, 5.74) is 1.86. The standard InChI is InChI=1S/C13H16N4O/c1-3-18-11-6-10(7-16-8-11)13(14-2)12-9-15-4-5-17-12/h4-9,13-14H,3H2,1-2H3. The molecule has 5 nitrogen and oxygen atoms in total. The predicted octanol–water partition coefficient (Wildman–Crippen LogP) is 1.58. The van der Waals surface area contributed by atoms with Gasteiger partial charge in [0.2, 0.25) is 0 Å². The maximum absolute atomic E-state index is 5.45. The molecular formula is C13H16N4O. The molecule has 0 fully saturated rings. The van der Waals surface area contributed by atoms with Gasteiger partial charge in [-0.05, 0) is 25.6 Å². The Morgan fingerprint density at radius 1 is 1.22 bits per heavy atom. The first kappa shape index (κ1) is 12.4. The van der Waals surface area contributed by atoms with E-state index in [0.29, 0.717) is 6.61 Å². The fourth-order valence-corrected chi connectivity index (χ4v) is 1.78. The molecule has 0 aliphatic rings. The summed E-state index contributed by atoms with van der Waals surface area (Å²) in [6.07, 6.45) is 8.59. The van der Waals surface area contributed by atoms with Crippen LogP contribution in [-0.2, 0) is 0 Å². The summed E-state index contributed by atoms with van der Waals surface area (Å²) in [6, 6.07) is 1.93. The first-order valence-electron chi connectivity index (χ1n) is 5.86. The van der Waals surface area contributed by atoms with Crippen molar-refractivity contribution in [3.05, 3.63) is 48.3 Å². The van der Waals surface area contributed by atoms with E-state index in [4.69, 9.17) is 4.74 Å². The van der Waals surface area contributed by atoms with Crippen LogP contribution in [0.3, 0.4) is 0 Å². The Morgan fingerprint density at radius 2 is 2.11 bits per heavy atom. The first-order valence-corrected chi connectivity index (χ1v) is 5.86. The van der Waals surface area contributed by atoms with Crippen LogP contribution in [0.25, 0.3) is 0 Å². The van der Waals surface area contributed by atoms with Crippen LogP contribution in [0.5, 0.6) is 5.75 Å². The van der Waals surface area contributed by atoms with E-state index in [1.807, 2.05) is 20.0 Å². The Kier molecular flexibility index (Phi) is 4.20. The summed E-state index contributed by atoms with van der Waals surface area (Å²) in [4.78, 5) is 12.6. The maximum atomic E-state index is 5.45. The molecule has 0 bridgehead atoms. The van der Waals surface area contributed by atoms with Gasteiger partial charge in [0.1, 0.15) is 5.75 Å². The monoisotopic (exact) mass is 244 g/mol. The van der Waals surface area contributed by atoms with Crippen molar-refractivity contribution in [2.75, 3.05) is 13.7 Å². The normalized spacial score (nSPS) is 12.1. The van der Waals surface area contributed by atoms with E-state index in [2.05, 4.69) is 20.3 Å². The van der Waals surface area contributed by atoms with Crippen LogP contribution in [0.1, 0.15) is 24.2 Å².